The van der Waals surface area contributed by atoms with Crippen molar-refractivity contribution >= 4 is 46.6 Å². The first-order chi connectivity index (χ1) is 9.43. The Morgan fingerprint density at radius 1 is 1.50 bits per heavy atom. The maximum Gasteiger partial charge on any atom is 0.323 e. The quantitative estimate of drug-likeness (QED) is 0.791. The average Bonchev–Trinajstić information content (AvgIpc) is 2.80. The lowest BCUT2D eigenvalue weighted by atomic mass is 10.2. The Kier molecular flexibility index (Phi) is 7.40. The third-order valence-corrected chi connectivity index (χ3v) is 5.23. The molecule has 0 saturated heterocycles. The van der Waals surface area contributed by atoms with Crippen molar-refractivity contribution in [1.82, 2.24) is 4.90 Å². The number of thiophene rings is 1. The van der Waals surface area contributed by atoms with Crippen molar-refractivity contribution in [3.8, 4) is 0 Å². The minimum atomic E-state index is -0.978. The van der Waals surface area contributed by atoms with Gasteiger partial charge in [0.2, 0.25) is 5.91 Å². The van der Waals surface area contributed by atoms with Gasteiger partial charge in [-0.3, -0.25) is 9.59 Å². The normalized spacial score (nSPS) is 12.2. The van der Waals surface area contributed by atoms with Crippen LogP contribution in [-0.4, -0.2) is 40.2 Å². The molecule has 0 saturated carbocycles. The van der Waals surface area contributed by atoms with Gasteiger partial charge in [-0.05, 0) is 25.5 Å². The second-order valence-electron chi connectivity index (χ2n) is 4.37. The number of carboxylic acid groups (broad SMARTS) is 1. The number of amides is 1. The van der Waals surface area contributed by atoms with Crippen LogP contribution < -0.4 is 0 Å². The van der Waals surface area contributed by atoms with E-state index in [9.17, 15) is 9.59 Å². The number of hydrogen-bond acceptors (Lipinski definition) is 4. The van der Waals surface area contributed by atoms with Gasteiger partial charge in [-0.15, -0.1) is 23.1 Å². The molecule has 0 bridgehead atoms. The summed E-state index contributed by atoms with van der Waals surface area (Å²) in [5.41, 5.74) is 0. The van der Waals surface area contributed by atoms with Crippen LogP contribution in [0.3, 0.4) is 0 Å². The molecule has 112 valence electrons. The Morgan fingerprint density at radius 2 is 2.20 bits per heavy atom. The predicted octanol–water partition coefficient (Wildman–Crippen LogP) is 3.35. The van der Waals surface area contributed by atoms with E-state index in [1.165, 1.54) is 28.0 Å². The van der Waals surface area contributed by atoms with E-state index in [1.807, 2.05) is 26.0 Å². The van der Waals surface area contributed by atoms with Crippen molar-refractivity contribution in [3.63, 3.8) is 0 Å². The first-order valence-corrected chi connectivity index (χ1v) is 8.62. The van der Waals surface area contributed by atoms with E-state index in [1.54, 1.807) is 0 Å². The van der Waals surface area contributed by atoms with E-state index in [-0.39, 0.29) is 24.2 Å². The maximum absolute atomic E-state index is 12.1. The summed E-state index contributed by atoms with van der Waals surface area (Å²) in [6.45, 7) is 3.57. The van der Waals surface area contributed by atoms with Crippen molar-refractivity contribution in [2.45, 2.75) is 32.1 Å². The highest BCUT2D eigenvalue weighted by Gasteiger charge is 2.21. The zero-order valence-corrected chi connectivity index (χ0v) is 13.9. The molecule has 0 aliphatic rings. The van der Waals surface area contributed by atoms with Gasteiger partial charge in [-0.1, -0.05) is 18.5 Å². The molecule has 0 spiro atoms. The summed E-state index contributed by atoms with van der Waals surface area (Å²) in [6.07, 6.45) is 0.740. The second-order valence-corrected chi connectivity index (χ2v) is 7.16. The van der Waals surface area contributed by atoms with E-state index in [0.717, 1.165) is 15.6 Å². The highest BCUT2D eigenvalue weighted by Crippen LogP contribution is 2.25. The Labute approximate surface area is 132 Å². The molecule has 1 amide bonds. The molecule has 7 heteroatoms. The third-order valence-electron chi connectivity index (χ3n) is 2.85. The molecular formula is C13H18ClNO3S2. The minimum Gasteiger partial charge on any atom is -0.480 e. The van der Waals surface area contributed by atoms with Crippen molar-refractivity contribution in [3.05, 3.63) is 21.3 Å². The molecule has 1 aromatic heterocycles. The first kappa shape index (κ1) is 17.3. The van der Waals surface area contributed by atoms with Gasteiger partial charge < -0.3 is 10.0 Å². The molecule has 1 aromatic rings. The summed E-state index contributed by atoms with van der Waals surface area (Å²) in [4.78, 5) is 25.5. The number of aliphatic carboxylic acids is 1. The molecule has 1 heterocycles. The van der Waals surface area contributed by atoms with Crippen LogP contribution in [0.25, 0.3) is 0 Å². The van der Waals surface area contributed by atoms with Crippen LogP contribution in [0, 0.1) is 0 Å². The van der Waals surface area contributed by atoms with Gasteiger partial charge in [-0.2, -0.15) is 0 Å². The number of rotatable bonds is 8. The highest BCUT2D eigenvalue weighted by atomic mass is 35.5. The van der Waals surface area contributed by atoms with Crippen LogP contribution in [0.1, 0.15) is 25.1 Å². The van der Waals surface area contributed by atoms with Gasteiger partial charge in [-0.25, -0.2) is 0 Å². The van der Waals surface area contributed by atoms with E-state index in [2.05, 4.69) is 0 Å². The zero-order chi connectivity index (χ0) is 15.1. The Hall–Kier alpha value is -0.720. The van der Waals surface area contributed by atoms with Crippen LogP contribution in [0.4, 0.5) is 0 Å². The lowest BCUT2D eigenvalue weighted by Gasteiger charge is -2.26. The lowest BCUT2D eigenvalue weighted by Crippen LogP contribution is -2.42. The summed E-state index contributed by atoms with van der Waals surface area (Å²) in [7, 11) is 0. The number of nitrogens with zero attached hydrogens (tertiary/aromatic N) is 1. The number of carboxylic acids is 1. The molecule has 0 aliphatic carbocycles. The van der Waals surface area contributed by atoms with Gasteiger partial charge in [0.25, 0.3) is 0 Å². The fourth-order valence-electron chi connectivity index (χ4n) is 1.61. The molecule has 1 rings (SSSR count). The summed E-state index contributed by atoms with van der Waals surface area (Å²) in [5.74, 6) is -0.111. The topological polar surface area (TPSA) is 57.6 Å². The van der Waals surface area contributed by atoms with Crippen LogP contribution >= 0.6 is 34.7 Å². The van der Waals surface area contributed by atoms with Crippen molar-refractivity contribution < 1.29 is 14.7 Å². The Balaban J connectivity index is 2.47. The number of halogens is 1. The van der Waals surface area contributed by atoms with Gasteiger partial charge in [0.15, 0.2) is 0 Å². The van der Waals surface area contributed by atoms with Crippen LogP contribution in [-0.2, 0) is 15.3 Å². The lowest BCUT2D eigenvalue weighted by molar-refractivity contribution is -0.144. The standard InChI is InChI=1S/C13H18ClNO3S2/c1-3-9(2)15(6-13(17)18)12(16)8-19-7-10-4-5-11(14)20-10/h4-5,9H,3,6-8H2,1-2H3,(H,17,18). The van der Waals surface area contributed by atoms with Gasteiger partial charge >= 0.3 is 5.97 Å². The molecular weight excluding hydrogens is 318 g/mol. The number of carbonyl (C=O) groups is 2. The van der Waals surface area contributed by atoms with Crippen molar-refractivity contribution in [1.29, 1.82) is 0 Å². The van der Waals surface area contributed by atoms with E-state index < -0.39 is 5.97 Å². The van der Waals surface area contributed by atoms with Crippen LogP contribution in [0.15, 0.2) is 12.1 Å². The molecule has 1 N–H and O–H groups in total. The fourth-order valence-corrected chi connectivity index (χ4v) is 3.72. The van der Waals surface area contributed by atoms with E-state index in [4.69, 9.17) is 16.7 Å². The Morgan fingerprint density at radius 3 is 2.70 bits per heavy atom. The SMILES string of the molecule is CCC(C)N(CC(=O)O)C(=O)CSCc1ccc(Cl)s1. The summed E-state index contributed by atoms with van der Waals surface area (Å²) in [6, 6.07) is 3.71. The van der Waals surface area contributed by atoms with E-state index >= 15 is 0 Å². The van der Waals surface area contributed by atoms with E-state index in [0.29, 0.717) is 5.75 Å². The molecule has 1 unspecified atom stereocenters. The highest BCUT2D eigenvalue weighted by molar-refractivity contribution is 7.99. The van der Waals surface area contributed by atoms with Crippen LogP contribution in [0.5, 0.6) is 0 Å². The minimum absolute atomic E-state index is 0.0598. The smallest absolute Gasteiger partial charge is 0.323 e. The molecule has 0 fully saturated rings. The summed E-state index contributed by atoms with van der Waals surface area (Å²) in [5, 5.41) is 8.87. The average molecular weight is 336 g/mol. The number of hydrogen-bond donors (Lipinski definition) is 1. The number of thioether (sulfide) groups is 1. The molecule has 0 radical (unpaired) electrons. The number of carbonyl (C=O) groups excluding carboxylic acids is 1. The van der Waals surface area contributed by atoms with Gasteiger partial charge in [0, 0.05) is 16.7 Å². The fraction of sp³-hybridized carbons (Fsp3) is 0.538. The molecule has 4 nitrogen and oxygen atoms in total. The largest absolute Gasteiger partial charge is 0.480 e. The molecule has 0 aromatic carbocycles. The van der Waals surface area contributed by atoms with Gasteiger partial charge in [0.1, 0.15) is 6.54 Å². The van der Waals surface area contributed by atoms with Gasteiger partial charge in [0.05, 0.1) is 10.1 Å². The second kappa shape index (κ2) is 8.54. The van der Waals surface area contributed by atoms with Crippen molar-refractivity contribution in [2.24, 2.45) is 0 Å². The Bertz CT molecular complexity index is 464. The zero-order valence-electron chi connectivity index (χ0n) is 11.5. The van der Waals surface area contributed by atoms with Crippen molar-refractivity contribution in [2.75, 3.05) is 12.3 Å². The molecule has 0 aliphatic heterocycles. The monoisotopic (exact) mass is 335 g/mol. The predicted molar refractivity (Wildman–Crippen MR) is 84.6 cm³/mol. The van der Waals surface area contributed by atoms with Crippen LogP contribution in [0.2, 0.25) is 4.34 Å². The maximum atomic E-state index is 12.1. The first-order valence-electron chi connectivity index (χ1n) is 6.27. The summed E-state index contributed by atoms with van der Waals surface area (Å²) < 4.78 is 0.735. The third kappa shape index (κ3) is 5.73. The summed E-state index contributed by atoms with van der Waals surface area (Å²) >= 11 is 8.81. The molecule has 1 atom stereocenters. The molecule has 20 heavy (non-hydrogen) atoms.